The van der Waals surface area contributed by atoms with E-state index in [0.29, 0.717) is 17.8 Å². The van der Waals surface area contributed by atoms with E-state index in [1.165, 1.54) is 32.9 Å². The molecular weight excluding hydrogens is 361 g/mol. The van der Waals surface area contributed by atoms with E-state index in [0.717, 1.165) is 17.7 Å². The van der Waals surface area contributed by atoms with Crippen LogP contribution in [-0.4, -0.2) is 42.7 Å². The smallest absolute Gasteiger partial charge is 0.347 e. The summed E-state index contributed by atoms with van der Waals surface area (Å²) >= 11 is 1.47. The molecule has 138 valence electrons. The van der Waals surface area contributed by atoms with E-state index in [4.69, 9.17) is 0 Å². The van der Waals surface area contributed by atoms with Crippen LogP contribution in [0.1, 0.15) is 27.2 Å². The molecule has 0 saturated carbocycles. The van der Waals surface area contributed by atoms with Crippen LogP contribution in [0.4, 0.5) is 13.2 Å². The number of carbonyl (C=O) groups is 1. The maximum absolute atomic E-state index is 12.6. The number of halogens is 3. The number of aryl methyl sites for hydroxylation is 2. The van der Waals surface area contributed by atoms with Crippen LogP contribution in [-0.2, 0) is 12.8 Å². The van der Waals surface area contributed by atoms with Crippen molar-refractivity contribution >= 4 is 17.2 Å². The predicted molar refractivity (Wildman–Crippen MR) is 95.5 cm³/mol. The standard InChI is InChI=1S/C19H19F3N2OS/c20-19(21,22)11-24-8-7-14(10-24)23-18(25)16-9-13-6-5-12-3-1-2-4-15(12)17(13)26-16/h1-4,9,14H,5-8,10-11H2,(H,23,25)/t14-/m0/s1. The van der Waals surface area contributed by atoms with Crippen molar-refractivity contribution < 1.29 is 18.0 Å². The molecule has 1 atom stereocenters. The fraction of sp³-hybridized carbons (Fsp3) is 0.421. The first-order valence-electron chi connectivity index (χ1n) is 8.70. The molecule has 1 aromatic heterocycles. The first kappa shape index (κ1) is 17.5. The lowest BCUT2D eigenvalue weighted by atomic mass is 9.91. The van der Waals surface area contributed by atoms with Crippen LogP contribution in [0.3, 0.4) is 0 Å². The summed E-state index contributed by atoms with van der Waals surface area (Å²) in [5.74, 6) is -0.180. The van der Waals surface area contributed by atoms with Gasteiger partial charge in [-0.05, 0) is 42.0 Å². The second-order valence-corrected chi connectivity index (χ2v) is 7.98. The molecule has 1 aromatic carbocycles. The number of likely N-dealkylation sites (tertiary alicyclic amines) is 1. The molecular formula is C19H19F3N2OS. The zero-order chi connectivity index (χ0) is 18.3. The van der Waals surface area contributed by atoms with Crippen LogP contribution < -0.4 is 5.32 Å². The van der Waals surface area contributed by atoms with Crippen molar-refractivity contribution in [2.24, 2.45) is 0 Å². The Bertz CT molecular complexity index is 830. The first-order chi connectivity index (χ1) is 12.4. The van der Waals surface area contributed by atoms with Crippen molar-refractivity contribution in [2.75, 3.05) is 19.6 Å². The lowest BCUT2D eigenvalue weighted by molar-refractivity contribution is -0.143. The molecule has 1 saturated heterocycles. The summed E-state index contributed by atoms with van der Waals surface area (Å²) in [7, 11) is 0. The highest BCUT2D eigenvalue weighted by atomic mass is 32.1. The van der Waals surface area contributed by atoms with Crippen LogP contribution in [0, 0.1) is 0 Å². The Hall–Kier alpha value is -1.86. The molecule has 1 aliphatic heterocycles. The topological polar surface area (TPSA) is 32.3 Å². The second-order valence-electron chi connectivity index (χ2n) is 6.93. The predicted octanol–water partition coefficient (Wildman–Crippen LogP) is 3.88. The first-order valence-corrected chi connectivity index (χ1v) is 9.52. The highest BCUT2D eigenvalue weighted by Gasteiger charge is 2.35. The van der Waals surface area contributed by atoms with Crippen molar-refractivity contribution in [1.29, 1.82) is 0 Å². The van der Waals surface area contributed by atoms with Gasteiger partial charge in [-0.25, -0.2) is 0 Å². The number of hydrogen-bond acceptors (Lipinski definition) is 3. The minimum Gasteiger partial charge on any atom is -0.347 e. The molecule has 2 aliphatic rings. The van der Waals surface area contributed by atoms with Gasteiger partial charge in [0, 0.05) is 24.0 Å². The fourth-order valence-electron chi connectivity index (χ4n) is 3.79. The van der Waals surface area contributed by atoms with Crippen LogP contribution >= 0.6 is 11.3 Å². The van der Waals surface area contributed by atoms with E-state index in [-0.39, 0.29) is 18.5 Å². The van der Waals surface area contributed by atoms with Crippen LogP contribution in [0.5, 0.6) is 0 Å². The van der Waals surface area contributed by atoms with Gasteiger partial charge in [0.1, 0.15) is 0 Å². The molecule has 0 spiro atoms. The Morgan fingerprint density at radius 3 is 2.81 bits per heavy atom. The van der Waals surface area contributed by atoms with E-state index in [1.54, 1.807) is 0 Å². The zero-order valence-electron chi connectivity index (χ0n) is 14.1. The largest absolute Gasteiger partial charge is 0.401 e. The van der Waals surface area contributed by atoms with Crippen LogP contribution in [0.2, 0.25) is 0 Å². The summed E-state index contributed by atoms with van der Waals surface area (Å²) in [6, 6.07) is 9.94. The Morgan fingerprint density at radius 2 is 2.00 bits per heavy atom. The van der Waals surface area contributed by atoms with Crippen LogP contribution in [0.15, 0.2) is 30.3 Å². The maximum atomic E-state index is 12.6. The van der Waals surface area contributed by atoms with Gasteiger partial charge < -0.3 is 5.32 Å². The number of benzene rings is 1. The highest BCUT2D eigenvalue weighted by Crippen LogP contribution is 2.39. The molecule has 1 N–H and O–H groups in total. The molecule has 0 radical (unpaired) electrons. The number of amides is 1. The Morgan fingerprint density at radius 1 is 1.23 bits per heavy atom. The van der Waals surface area contributed by atoms with Gasteiger partial charge in [-0.2, -0.15) is 13.2 Å². The Balaban J connectivity index is 1.44. The molecule has 0 unspecified atom stereocenters. The Labute approximate surface area is 153 Å². The summed E-state index contributed by atoms with van der Waals surface area (Å²) in [5, 5.41) is 2.91. The average molecular weight is 380 g/mol. The highest BCUT2D eigenvalue weighted by molar-refractivity contribution is 7.17. The van der Waals surface area contributed by atoms with Gasteiger partial charge in [0.25, 0.3) is 5.91 Å². The van der Waals surface area contributed by atoms with Gasteiger partial charge in [0.05, 0.1) is 11.4 Å². The minimum absolute atomic E-state index is 0.180. The SMILES string of the molecule is O=C(N[C@H]1CCN(CC(F)(F)F)C1)c1cc2c(s1)-c1ccccc1CC2. The Kier molecular flexibility index (Phi) is 4.52. The lowest BCUT2D eigenvalue weighted by Gasteiger charge is -2.18. The van der Waals surface area contributed by atoms with Crippen LogP contribution in [0.25, 0.3) is 10.4 Å². The molecule has 26 heavy (non-hydrogen) atoms. The van der Waals surface area contributed by atoms with Gasteiger partial charge in [0.2, 0.25) is 0 Å². The van der Waals surface area contributed by atoms with Crippen molar-refractivity contribution in [3.63, 3.8) is 0 Å². The van der Waals surface area contributed by atoms with Gasteiger partial charge in [-0.1, -0.05) is 24.3 Å². The molecule has 4 rings (SSSR count). The molecule has 7 heteroatoms. The van der Waals surface area contributed by atoms with Gasteiger partial charge >= 0.3 is 6.18 Å². The summed E-state index contributed by atoms with van der Waals surface area (Å²) in [6.45, 7) is -0.304. The maximum Gasteiger partial charge on any atom is 0.401 e. The number of rotatable bonds is 3. The monoisotopic (exact) mass is 380 g/mol. The van der Waals surface area contributed by atoms with E-state index < -0.39 is 12.7 Å². The molecule has 2 aromatic rings. The number of fused-ring (bicyclic) bond motifs is 3. The molecule has 1 fully saturated rings. The number of nitrogens with zero attached hydrogens (tertiary/aromatic N) is 1. The lowest BCUT2D eigenvalue weighted by Crippen LogP contribution is -2.39. The summed E-state index contributed by atoms with van der Waals surface area (Å²) in [5.41, 5.74) is 3.67. The third kappa shape index (κ3) is 3.64. The minimum atomic E-state index is -4.20. The number of hydrogen-bond donors (Lipinski definition) is 1. The average Bonchev–Trinajstić information content (AvgIpc) is 3.20. The van der Waals surface area contributed by atoms with Crippen molar-refractivity contribution in [2.45, 2.75) is 31.5 Å². The van der Waals surface area contributed by atoms with Gasteiger partial charge in [-0.15, -0.1) is 11.3 Å². The number of alkyl halides is 3. The summed E-state index contributed by atoms with van der Waals surface area (Å²) < 4.78 is 37.5. The summed E-state index contributed by atoms with van der Waals surface area (Å²) in [4.78, 5) is 15.7. The molecule has 0 bridgehead atoms. The van der Waals surface area contributed by atoms with Crippen molar-refractivity contribution in [3.8, 4) is 10.4 Å². The van der Waals surface area contributed by atoms with E-state index in [1.807, 2.05) is 18.2 Å². The number of nitrogens with one attached hydrogen (secondary N) is 1. The van der Waals surface area contributed by atoms with Crippen molar-refractivity contribution in [3.05, 3.63) is 46.3 Å². The molecule has 1 amide bonds. The molecule has 3 nitrogen and oxygen atoms in total. The number of thiophene rings is 1. The number of carbonyl (C=O) groups excluding carboxylic acids is 1. The summed E-state index contributed by atoms with van der Waals surface area (Å²) in [6.07, 6.45) is -1.76. The van der Waals surface area contributed by atoms with Gasteiger partial charge in [0.15, 0.2) is 0 Å². The zero-order valence-corrected chi connectivity index (χ0v) is 14.9. The molecule has 2 heterocycles. The third-order valence-electron chi connectivity index (χ3n) is 4.97. The van der Waals surface area contributed by atoms with E-state index in [9.17, 15) is 18.0 Å². The molecule has 1 aliphatic carbocycles. The van der Waals surface area contributed by atoms with Gasteiger partial charge in [-0.3, -0.25) is 9.69 Å². The third-order valence-corrected chi connectivity index (χ3v) is 6.18. The van der Waals surface area contributed by atoms with Crippen molar-refractivity contribution in [1.82, 2.24) is 10.2 Å². The van der Waals surface area contributed by atoms with E-state index in [2.05, 4.69) is 17.4 Å². The second kappa shape index (κ2) is 6.70. The quantitative estimate of drug-likeness (QED) is 0.877. The fourth-order valence-corrected chi connectivity index (χ4v) is 4.96. The normalized spacial score (nSPS) is 19.9. The van der Waals surface area contributed by atoms with E-state index >= 15 is 0 Å².